The molecule has 4 rings (SSSR count). The number of fused-ring (bicyclic) bond motifs is 1. The first kappa shape index (κ1) is 17.4. The van der Waals surface area contributed by atoms with Crippen LogP contribution in [0, 0.1) is 0 Å². The lowest BCUT2D eigenvalue weighted by molar-refractivity contribution is 0.931. The fourth-order valence-electron chi connectivity index (χ4n) is 2.30. The Labute approximate surface area is 168 Å². The molecule has 0 aliphatic carbocycles. The van der Waals surface area contributed by atoms with Crippen molar-refractivity contribution < 1.29 is 0 Å². The van der Waals surface area contributed by atoms with E-state index in [1.54, 1.807) is 0 Å². The van der Waals surface area contributed by atoms with Crippen molar-refractivity contribution in [1.29, 1.82) is 0 Å². The van der Waals surface area contributed by atoms with Crippen molar-refractivity contribution in [1.82, 2.24) is 19.9 Å². The molecule has 5 nitrogen and oxygen atoms in total. The molecule has 0 radical (unpaired) electrons. The molecule has 0 saturated carbocycles. The van der Waals surface area contributed by atoms with Crippen LogP contribution >= 0.6 is 46.1 Å². The molecule has 0 unspecified atom stereocenters. The Bertz CT molecular complexity index is 1030. The van der Waals surface area contributed by atoms with Crippen LogP contribution in [0.2, 0.25) is 0 Å². The zero-order valence-electron chi connectivity index (χ0n) is 13.0. The highest BCUT2D eigenvalue weighted by Gasteiger charge is 2.28. The van der Waals surface area contributed by atoms with Gasteiger partial charge < -0.3 is 0 Å². The van der Waals surface area contributed by atoms with Crippen molar-refractivity contribution >= 4 is 67.4 Å². The second-order valence-corrected chi connectivity index (χ2v) is 8.59. The number of halogens is 3. The normalized spacial score (nSPS) is 11.7. The van der Waals surface area contributed by atoms with E-state index >= 15 is 0 Å². The lowest BCUT2D eigenvalue weighted by atomic mass is 10.2. The van der Waals surface area contributed by atoms with Crippen LogP contribution in [0.3, 0.4) is 0 Å². The maximum absolute atomic E-state index is 5.99. The Morgan fingerprint density at radius 2 is 1.54 bits per heavy atom. The molecule has 26 heavy (non-hydrogen) atoms. The number of rotatable bonds is 3. The van der Waals surface area contributed by atoms with Crippen LogP contribution in [0.25, 0.3) is 21.6 Å². The van der Waals surface area contributed by atoms with Gasteiger partial charge in [-0.1, -0.05) is 88.6 Å². The summed E-state index contributed by atoms with van der Waals surface area (Å²) in [7, 11) is 0. The average Bonchev–Trinajstić information content (AvgIpc) is 3.03. The lowest BCUT2D eigenvalue weighted by Gasteiger charge is -2.12. The van der Waals surface area contributed by atoms with E-state index in [1.165, 1.54) is 11.3 Å². The summed E-state index contributed by atoms with van der Waals surface area (Å²) >= 11 is 19.5. The maximum Gasteiger partial charge on any atom is 0.250 e. The number of nitrogens with one attached hydrogen (secondary N) is 1. The van der Waals surface area contributed by atoms with Crippen LogP contribution in [-0.2, 0) is 3.79 Å². The van der Waals surface area contributed by atoms with Gasteiger partial charge >= 0.3 is 0 Å². The number of alkyl halides is 3. The Morgan fingerprint density at radius 1 is 0.808 bits per heavy atom. The summed E-state index contributed by atoms with van der Waals surface area (Å²) in [5.74, 6) is 0.713. The van der Waals surface area contributed by atoms with Gasteiger partial charge in [0.05, 0.1) is 10.2 Å². The molecule has 2 aromatic carbocycles. The van der Waals surface area contributed by atoms with Gasteiger partial charge in [-0.25, -0.2) is 9.97 Å². The molecular formula is C17H10Cl3N5S. The molecule has 9 heteroatoms. The number of hydrogen-bond donors (Lipinski definition) is 1. The van der Waals surface area contributed by atoms with Crippen LogP contribution in [-0.4, -0.2) is 19.9 Å². The molecule has 2 aromatic heterocycles. The number of aromatic nitrogens is 4. The maximum atomic E-state index is 5.99. The van der Waals surface area contributed by atoms with Crippen molar-refractivity contribution in [2.24, 2.45) is 0 Å². The van der Waals surface area contributed by atoms with Gasteiger partial charge in [-0.15, -0.1) is 0 Å². The first-order valence-corrected chi connectivity index (χ1v) is 9.45. The minimum atomic E-state index is -1.77. The zero-order valence-corrected chi connectivity index (χ0v) is 16.1. The Morgan fingerprint density at radius 3 is 2.27 bits per heavy atom. The van der Waals surface area contributed by atoms with Gasteiger partial charge in [0.15, 0.2) is 16.8 Å². The Balaban J connectivity index is 1.77. The molecular weight excluding hydrogens is 413 g/mol. The predicted molar refractivity (Wildman–Crippen MR) is 107 cm³/mol. The minimum Gasteiger partial charge on any atom is -0.300 e. The molecule has 0 aliphatic rings. The first-order chi connectivity index (χ1) is 12.5. The number of thiazole rings is 1. The van der Waals surface area contributed by atoms with Crippen molar-refractivity contribution in [3.8, 4) is 11.4 Å². The SMILES string of the molecule is ClC(Cl)(Cl)c1nc(Nc2nc3ccccc3s2)nc(-c2ccccc2)n1. The standard InChI is InChI=1S/C17H10Cl3N5S/c18-17(19,20)14-22-13(10-6-2-1-3-7-10)23-15(24-14)25-16-21-11-8-4-5-9-12(11)26-16/h1-9H,(H,21,22,23,24,25). The molecule has 0 aliphatic heterocycles. The van der Waals surface area contributed by atoms with Crippen molar-refractivity contribution in [3.63, 3.8) is 0 Å². The van der Waals surface area contributed by atoms with Gasteiger partial charge in [-0.05, 0) is 12.1 Å². The van der Waals surface area contributed by atoms with Crippen molar-refractivity contribution in [2.45, 2.75) is 3.79 Å². The van der Waals surface area contributed by atoms with Gasteiger partial charge in [0.1, 0.15) is 0 Å². The summed E-state index contributed by atoms with van der Waals surface area (Å²) in [6, 6.07) is 17.2. The Hall–Kier alpha value is -1.99. The van der Waals surface area contributed by atoms with Crippen LogP contribution in [0.5, 0.6) is 0 Å². The summed E-state index contributed by atoms with van der Waals surface area (Å²) in [4.78, 5) is 17.5. The topological polar surface area (TPSA) is 63.6 Å². The molecule has 0 saturated heterocycles. The zero-order chi connectivity index (χ0) is 18.1. The monoisotopic (exact) mass is 421 g/mol. The molecule has 2 heterocycles. The van der Waals surface area contributed by atoms with E-state index in [0.29, 0.717) is 11.0 Å². The smallest absolute Gasteiger partial charge is 0.250 e. The molecule has 1 N–H and O–H groups in total. The highest BCUT2D eigenvalue weighted by Crippen LogP contribution is 2.37. The number of anilines is 2. The fraction of sp³-hybridized carbons (Fsp3) is 0.0588. The Kier molecular flexibility index (Phi) is 4.67. The van der Waals surface area contributed by atoms with Crippen LogP contribution in [0.4, 0.5) is 11.1 Å². The van der Waals surface area contributed by atoms with Crippen LogP contribution < -0.4 is 5.32 Å². The summed E-state index contributed by atoms with van der Waals surface area (Å²) in [5, 5.41) is 3.73. The van der Waals surface area contributed by atoms with E-state index in [4.69, 9.17) is 34.8 Å². The summed E-state index contributed by atoms with van der Waals surface area (Å²) in [6.07, 6.45) is 0. The second kappa shape index (κ2) is 6.96. The highest BCUT2D eigenvalue weighted by atomic mass is 35.6. The third-order valence-corrected chi connectivity index (χ3v) is 4.89. The third kappa shape index (κ3) is 3.73. The molecule has 0 atom stereocenters. The summed E-state index contributed by atoms with van der Waals surface area (Å²) < 4.78 is -0.717. The number of benzene rings is 2. The summed E-state index contributed by atoms with van der Waals surface area (Å²) in [6.45, 7) is 0. The fourth-order valence-corrected chi connectivity index (χ4v) is 3.41. The van der Waals surface area contributed by atoms with Crippen LogP contribution in [0.15, 0.2) is 54.6 Å². The summed E-state index contributed by atoms with van der Waals surface area (Å²) in [5.41, 5.74) is 1.68. The molecule has 0 spiro atoms. The van der Waals surface area contributed by atoms with Crippen LogP contribution in [0.1, 0.15) is 5.82 Å². The lowest BCUT2D eigenvalue weighted by Crippen LogP contribution is -2.12. The van der Waals surface area contributed by atoms with E-state index in [-0.39, 0.29) is 11.8 Å². The van der Waals surface area contributed by atoms with E-state index in [9.17, 15) is 0 Å². The van der Waals surface area contributed by atoms with Crippen molar-refractivity contribution in [2.75, 3.05) is 5.32 Å². The number of hydrogen-bond acceptors (Lipinski definition) is 6. The second-order valence-electron chi connectivity index (χ2n) is 5.28. The van der Waals surface area contributed by atoms with E-state index in [0.717, 1.165) is 15.8 Å². The average molecular weight is 423 g/mol. The number of para-hydroxylation sites is 1. The molecule has 0 amide bonds. The highest BCUT2D eigenvalue weighted by molar-refractivity contribution is 7.22. The van der Waals surface area contributed by atoms with E-state index in [1.807, 2.05) is 54.6 Å². The third-order valence-electron chi connectivity index (χ3n) is 3.43. The van der Waals surface area contributed by atoms with Gasteiger partial charge in [-0.3, -0.25) is 5.32 Å². The molecule has 130 valence electrons. The van der Waals surface area contributed by atoms with E-state index < -0.39 is 3.79 Å². The molecule has 0 bridgehead atoms. The minimum absolute atomic E-state index is 0.0416. The van der Waals surface area contributed by atoms with Gasteiger partial charge in [-0.2, -0.15) is 9.97 Å². The largest absolute Gasteiger partial charge is 0.300 e. The van der Waals surface area contributed by atoms with E-state index in [2.05, 4.69) is 25.3 Å². The predicted octanol–water partition coefficient (Wildman–Crippen LogP) is 5.72. The number of nitrogens with zero attached hydrogens (tertiary/aromatic N) is 4. The van der Waals surface area contributed by atoms with Gasteiger partial charge in [0, 0.05) is 5.56 Å². The molecule has 4 aromatic rings. The first-order valence-electron chi connectivity index (χ1n) is 7.50. The van der Waals surface area contributed by atoms with Crippen molar-refractivity contribution in [3.05, 3.63) is 60.4 Å². The van der Waals surface area contributed by atoms with Gasteiger partial charge in [0.25, 0.3) is 0 Å². The quantitative estimate of drug-likeness (QED) is 0.428. The van der Waals surface area contributed by atoms with Gasteiger partial charge in [0.2, 0.25) is 9.74 Å². The molecule has 0 fully saturated rings.